The second-order valence-corrected chi connectivity index (χ2v) is 6.64. The zero-order valence-electron chi connectivity index (χ0n) is 12.4. The molecule has 3 rings (SSSR count). The molecule has 3 heteroatoms. The molecule has 0 atom stereocenters. The number of ketones is 1. The van der Waals surface area contributed by atoms with Crippen molar-refractivity contribution in [2.75, 3.05) is 6.61 Å². The molecule has 2 nitrogen and oxygen atoms in total. The second kappa shape index (κ2) is 6.44. The number of hydrogen-bond acceptors (Lipinski definition) is 3. The number of aryl methyl sites for hydroxylation is 3. The summed E-state index contributed by atoms with van der Waals surface area (Å²) < 4.78 is 5.69. The fourth-order valence-electron chi connectivity index (χ4n) is 2.74. The summed E-state index contributed by atoms with van der Waals surface area (Å²) in [5, 5.41) is 0. The molecule has 0 N–H and O–H groups in total. The Kier molecular flexibility index (Phi) is 4.39. The normalized spacial score (nSPS) is 13.8. The van der Waals surface area contributed by atoms with Crippen molar-refractivity contribution in [1.82, 2.24) is 0 Å². The van der Waals surface area contributed by atoms with Crippen LogP contribution in [-0.2, 0) is 19.3 Å². The zero-order chi connectivity index (χ0) is 14.7. The van der Waals surface area contributed by atoms with E-state index in [4.69, 9.17) is 4.74 Å². The summed E-state index contributed by atoms with van der Waals surface area (Å²) in [6.45, 7) is 2.23. The molecule has 0 bridgehead atoms. The van der Waals surface area contributed by atoms with Crippen LogP contribution in [0.1, 0.15) is 45.4 Å². The predicted octanol–water partition coefficient (Wildman–Crippen LogP) is 4.45. The molecule has 1 aliphatic rings. The van der Waals surface area contributed by atoms with Crippen LogP contribution in [0.4, 0.5) is 0 Å². The van der Waals surface area contributed by atoms with Crippen molar-refractivity contribution in [3.63, 3.8) is 0 Å². The van der Waals surface area contributed by atoms with Gasteiger partial charge in [0.15, 0.2) is 6.61 Å². The number of Topliss-reactive ketones (excluding diaryl/α,β-unsaturated/α-hetero) is 1. The van der Waals surface area contributed by atoms with E-state index in [-0.39, 0.29) is 12.4 Å². The maximum absolute atomic E-state index is 12.1. The van der Waals surface area contributed by atoms with Gasteiger partial charge in [0.1, 0.15) is 5.75 Å². The van der Waals surface area contributed by atoms with Crippen molar-refractivity contribution < 1.29 is 9.53 Å². The second-order valence-electron chi connectivity index (χ2n) is 5.47. The molecule has 1 aliphatic carbocycles. The molecule has 0 saturated heterocycles. The zero-order valence-corrected chi connectivity index (χ0v) is 13.2. The van der Waals surface area contributed by atoms with E-state index < -0.39 is 0 Å². The Labute approximate surface area is 129 Å². The van der Waals surface area contributed by atoms with Crippen LogP contribution in [0.25, 0.3) is 0 Å². The summed E-state index contributed by atoms with van der Waals surface area (Å²) in [5.41, 5.74) is 2.82. The Morgan fingerprint density at radius 1 is 1.14 bits per heavy atom. The third-order valence-electron chi connectivity index (χ3n) is 3.97. The molecule has 1 aromatic carbocycles. The molecule has 1 heterocycles. The maximum atomic E-state index is 12.1. The van der Waals surface area contributed by atoms with Gasteiger partial charge in [-0.3, -0.25) is 4.79 Å². The number of fused-ring (bicyclic) bond motifs is 1. The van der Waals surface area contributed by atoms with E-state index in [9.17, 15) is 4.79 Å². The summed E-state index contributed by atoms with van der Waals surface area (Å²) in [6.07, 6.45) is 5.81. The van der Waals surface area contributed by atoms with Gasteiger partial charge in [-0.25, -0.2) is 0 Å². The lowest BCUT2D eigenvalue weighted by atomic mass is 9.92. The molecule has 2 aromatic rings. The summed E-state index contributed by atoms with van der Waals surface area (Å²) in [4.78, 5) is 14.2. The molecular weight excluding hydrogens is 280 g/mol. The average Bonchev–Trinajstić information content (AvgIpc) is 3.01. The minimum Gasteiger partial charge on any atom is -0.485 e. The van der Waals surface area contributed by atoms with E-state index in [0.717, 1.165) is 23.5 Å². The molecule has 0 amide bonds. The molecule has 110 valence electrons. The number of ether oxygens (including phenoxy) is 1. The van der Waals surface area contributed by atoms with Crippen LogP contribution < -0.4 is 4.74 Å². The highest BCUT2D eigenvalue weighted by Crippen LogP contribution is 2.25. The lowest BCUT2D eigenvalue weighted by Crippen LogP contribution is -2.11. The Balaban J connectivity index is 1.63. The van der Waals surface area contributed by atoms with Crippen LogP contribution in [0, 0.1) is 0 Å². The van der Waals surface area contributed by atoms with Crippen molar-refractivity contribution in [2.45, 2.75) is 39.0 Å². The largest absolute Gasteiger partial charge is 0.485 e. The van der Waals surface area contributed by atoms with Gasteiger partial charge in [-0.05, 0) is 67.5 Å². The predicted molar refractivity (Wildman–Crippen MR) is 86.6 cm³/mol. The van der Waals surface area contributed by atoms with Gasteiger partial charge < -0.3 is 4.74 Å². The number of carbonyl (C=O) groups excluding carboxylic acids is 1. The minimum atomic E-state index is 0.0671. The third-order valence-corrected chi connectivity index (χ3v) is 5.25. The highest BCUT2D eigenvalue weighted by Gasteiger charge is 2.12. The summed E-state index contributed by atoms with van der Waals surface area (Å²) in [5.74, 6) is 0.883. The van der Waals surface area contributed by atoms with Gasteiger partial charge >= 0.3 is 0 Å². The van der Waals surface area contributed by atoms with E-state index >= 15 is 0 Å². The quantitative estimate of drug-likeness (QED) is 0.763. The van der Waals surface area contributed by atoms with Crippen molar-refractivity contribution in [3.8, 4) is 5.75 Å². The Bertz CT molecular complexity index is 642. The molecule has 0 aliphatic heterocycles. The first-order valence-corrected chi connectivity index (χ1v) is 8.44. The van der Waals surface area contributed by atoms with Crippen LogP contribution in [0.3, 0.4) is 0 Å². The van der Waals surface area contributed by atoms with Crippen molar-refractivity contribution in [3.05, 3.63) is 51.2 Å². The molecule has 0 unspecified atom stereocenters. The monoisotopic (exact) mass is 300 g/mol. The Morgan fingerprint density at radius 2 is 1.95 bits per heavy atom. The van der Waals surface area contributed by atoms with Crippen LogP contribution in [0.15, 0.2) is 30.3 Å². The maximum Gasteiger partial charge on any atom is 0.210 e. The molecule has 1 aromatic heterocycles. The number of rotatable bonds is 5. The van der Waals surface area contributed by atoms with Gasteiger partial charge in [0.05, 0.1) is 4.88 Å². The topological polar surface area (TPSA) is 26.3 Å². The first-order valence-electron chi connectivity index (χ1n) is 7.63. The van der Waals surface area contributed by atoms with Gasteiger partial charge in [-0.15, -0.1) is 11.3 Å². The first-order chi connectivity index (χ1) is 10.3. The van der Waals surface area contributed by atoms with Crippen molar-refractivity contribution in [1.29, 1.82) is 0 Å². The smallest absolute Gasteiger partial charge is 0.210 e. The van der Waals surface area contributed by atoms with E-state index in [1.807, 2.05) is 18.2 Å². The fourth-order valence-corrected chi connectivity index (χ4v) is 3.61. The average molecular weight is 300 g/mol. The first kappa shape index (κ1) is 14.3. The van der Waals surface area contributed by atoms with Gasteiger partial charge in [0.2, 0.25) is 5.78 Å². The fraction of sp³-hybridized carbons (Fsp3) is 0.389. The van der Waals surface area contributed by atoms with E-state index in [0.29, 0.717) is 0 Å². The van der Waals surface area contributed by atoms with Crippen LogP contribution in [-0.4, -0.2) is 12.4 Å². The molecule has 0 fully saturated rings. The summed E-state index contributed by atoms with van der Waals surface area (Å²) in [7, 11) is 0. The minimum absolute atomic E-state index is 0.0671. The van der Waals surface area contributed by atoms with Gasteiger partial charge in [-0.2, -0.15) is 0 Å². The highest BCUT2D eigenvalue weighted by atomic mass is 32.1. The molecule has 21 heavy (non-hydrogen) atoms. The van der Waals surface area contributed by atoms with Crippen LogP contribution in [0.2, 0.25) is 0 Å². The van der Waals surface area contributed by atoms with Gasteiger partial charge in [0, 0.05) is 4.88 Å². The van der Waals surface area contributed by atoms with E-state index in [2.05, 4.69) is 19.1 Å². The standard InChI is InChI=1S/C18H20O2S/c1-2-16-9-10-18(21-16)17(19)12-20-15-8-7-13-5-3-4-6-14(13)11-15/h7-11H,2-6,12H2,1H3. The van der Waals surface area contributed by atoms with E-state index in [1.165, 1.54) is 35.3 Å². The highest BCUT2D eigenvalue weighted by molar-refractivity contribution is 7.14. The Morgan fingerprint density at radius 3 is 2.71 bits per heavy atom. The summed E-state index contributed by atoms with van der Waals surface area (Å²) in [6, 6.07) is 10.2. The number of hydrogen-bond donors (Lipinski definition) is 0. The number of benzene rings is 1. The van der Waals surface area contributed by atoms with Gasteiger partial charge in [0.25, 0.3) is 0 Å². The third kappa shape index (κ3) is 3.35. The van der Waals surface area contributed by atoms with Crippen molar-refractivity contribution in [2.24, 2.45) is 0 Å². The number of carbonyl (C=O) groups is 1. The van der Waals surface area contributed by atoms with Crippen LogP contribution in [0.5, 0.6) is 5.75 Å². The molecule has 0 radical (unpaired) electrons. The molecular formula is C18H20O2S. The summed E-state index contributed by atoms with van der Waals surface area (Å²) >= 11 is 1.57. The lowest BCUT2D eigenvalue weighted by Gasteiger charge is -2.16. The molecule has 0 spiro atoms. The molecule has 0 saturated carbocycles. The van der Waals surface area contributed by atoms with Gasteiger partial charge in [-0.1, -0.05) is 13.0 Å². The lowest BCUT2D eigenvalue weighted by molar-refractivity contribution is 0.0925. The van der Waals surface area contributed by atoms with E-state index in [1.54, 1.807) is 11.3 Å². The van der Waals surface area contributed by atoms with Crippen LogP contribution >= 0.6 is 11.3 Å². The Hall–Kier alpha value is -1.61. The van der Waals surface area contributed by atoms with Crippen molar-refractivity contribution >= 4 is 17.1 Å². The number of thiophene rings is 1. The SMILES string of the molecule is CCc1ccc(C(=O)COc2ccc3c(c2)CCCC3)s1.